The summed E-state index contributed by atoms with van der Waals surface area (Å²) >= 11 is 0. The van der Waals surface area contributed by atoms with Crippen molar-refractivity contribution in [2.24, 2.45) is 5.11 Å². The zero-order valence-corrected chi connectivity index (χ0v) is 10.3. The Balaban J connectivity index is 4.86. The normalized spacial score (nSPS) is 13.1. The molecule has 7 heteroatoms. The lowest BCUT2D eigenvalue weighted by molar-refractivity contribution is -0.155. The summed E-state index contributed by atoms with van der Waals surface area (Å²) in [6.45, 7) is 4.93. The summed E-state index contributed by atoms with van der Waals surface area (Å²) in [5.41, 5.74) is 8.42. The van der Waals surface area contributed by atoms with Crippen LogP contribution >= 0.6 is 0 Å². The fourth-order valence-corrected chi connectivity index (χ4v) is 1.34. The minimum atomic E-state index is -1.12. The molecule has 17 heavy (non-hydrogen) atoms. The Bertz CT molecular complexity index is 313. The highest BCUT2D eigenvalue weighted by atomic mass is 16.6. The molecule has 0 aromatic carbocycles. The van der Waals surface area contributed by atoms with Crippen molar-refractivity contribution in [3.8, 4) is 0 Å². The molecule has 0 saturated heterocycles. The zero-order chi connectivity index (χ0) is 13.3. The maximum atomic E-state index is 11.6. The van der Waals surface area contributed by atoms with Crippen LogP contribution in [-0.2, 0) is 19.1 Å². The summed E-state index contributed by atoms with van der Waals surface area (Å²) in [4.78, 5) is 25.0. The number of esters is 2. The second-order valence-electron chi connectivity index (χ2n) is 3.34. The van der Waals surface area contributed by atoms with Crippen LogP contribution in [0, 0.1) is 0 Å². The first-order chi connectivity index (χ1) is 8.06. The second-order valence-corrected chi connectivity index (χ2v) is 3.34. The van der Waals surface area contributed by atoms with Crippen LogP contribution in [-0.4, -0.2) is 30.7 Å². The Labute approximate surface area is 99.7 Å². The van der Waals surface area contributed by atoms with Crippen molar-refractivity contribution in [3.05, 3.63) is 10.4 Å². The van der Waals surface area contributed by atoms with E-state index in [1.165, 1.54) is 6.92 Å². The Morgan fingerprint density at radius 1 is 1.41 bits per heavy atom. The first kappa shape index (κ1) is 15.2. The number of ether oxygens (including phenoxy) is 2. The topological polar surface area (TPSA) is 101 Å². The summed E-state index contributed by atoms with van der Waals surface area (Å²) in [5, 5.41) is 3.34. The van der Waals surface area contributed by atoms with Crippen LogP contribution in [0.2, 0.25) is 0 Å². The molecular formula is C10H17N3O4. The maximum Gasteiger partial charge on any atom is 0.318 e. The van der Waals surface area contributed by atoms with Gasteiger partial charge in [-0.1, -0.05) is 18.5 Å². The van der Waals surface area contributed by atoms with Gasteiger partial charge in [-0.2, -0.15) is 0 Å². The highest BCUT2D eigenvalue weighted by Gasteiger charge is 2.30. The highest BCUT2D eigenvalue weighted by molar-refractivity contribution is 5.77. The number of azide groups is 1. The van der Waals surface area contributed by atoms with E-state index in [9.17, 15) is 9.59 Å². The van der Waals surface area contributed by atoms with E-state index in [4.69, 9.17) is 15.0 Å². The minimum absolute atomic E-state index is 0.176. The predicted molar refractivity (Wildman–Crippen MR) is 60.0 cm³/mol. The molecule has 0 aromatic heterocycles. The van der Waals surface area contributed by atoms with Crippen LogP contribution in [0.1, 0.15) is 33.6 Å². The van der Waals surface area contributed by atoms with E-state index < -0.39 is 24.1 Å². The first-order valence-electron chi connectivity index (χ1n) is 5.44. The molecule has 0 radical (unpaired) electrons. The molecule has 0 aliphatic carbocycles. The fourth-order valence-electron chi connectivity index (χ4n) is 1.34. The van der Waals surface area contributed by atoms with Crippen molar-refractivity contribution in [1.82, 2.24) is 0 Å². The lowest BCUT2D eigenvalue weighted by Crippen LogP contribution is -2.36. The van der Waals surface area contributed by atoms with Crippen LogP contribution in [0.3, 0.4) is 0 Å². The van der Waals surface area contributed by atoms with Gasteiger partial charge in [0.25, 0.3) is 0 Å². The number of carbonyl (C=O) groups excluding carboxylic acids is 2. The van der Waals surface area contributed by atoms with Crippen molar-refractivity contribution in [3.63, 3.8) is 0 Å². The van der Waals surface area contributed by atoms with Crippen LogP contribution in [0.15, 0.2) is 5.11 Å². The summed E-state index contributed by atoms with van der Waals surface area (Å²) in [6, 6.07) is -1.12. The van der Waals surface area contributed by atoms with Gasteiger partial charge < -0.3 is 9.47 Å². The minimum Gasteiger partial charge on any atom is -0.466 e. The highest BCUT2D eigenvalue weighted by Crippen LogP contribution is 2.13. The van der Waals surface area contributed by atoms with Gasteiger partial charge in [0.05, 0.1) is 6.61 Å². The predicted octanol–water partition coefficient (Wildman–Crippen LogP) is 1.96. The summed E-state index contributed by atoms with van der Waals surface area (Å²) in [5.74, 6) is -1.20. The fraction of sp³-hybridized carbons (Fsp3) is 0.800. The van der Waals surface area contributed by atoms with Gasteiger partial charge in [-0.05, 0) is 18.9 Å². The van der Waals surface area contributed by atoms with Crippen molar-refractivity contribution in [2.45, 2.75) is 45.8 Å². The molecule has 0 amide bonds. The number of carbonyl (C=O) groups is 2. The summed E-state index contributed by atoms with van der Waals surface area (Å²) in [7, 11) is 0. The van der Waals surface area contributed by atoms with E-state index in [-0.39, 0.29) is 6.61 Å². The van der Waals surface area contributed by atoms with E-state index >= 15 is 0 Å². The summed E-state index contributed by atoms with van der Waals surface area (Å²) < 4.78 is 9.74. The molecule has 0 aliphatic rings. The van der Waals surface area contributed by atoms with Gasteiger partial charge in [0.1, 0.15) is 6.10 Å². The van der Waals surface area contributed by atoms with Gasteiger partial charge >= 0.3 is 11.9 Å². The third-order valence-corrected chi connectivity index (χ3v) is 1.95. The van der Waals surface area contributed by atoms with Crippen molar-refractivity contribution < 1.29 is 19.1 Å². The van der Waals surface area contributed by atoms with E-state index in [1.807, 2.05) is 6.92 Å². The van der Waals surface area contributed by atoms with Gasteiger partial charge in [-0.15, -0.1) is 0 Å². The van der Waals surface area contributed by atoms with Crippen LogP contribution in [0.25, 0.3) is 10.4 Å². The molecular weight excluding hydrogens is 226 g/mol. The third-order valence-electron chi connectivity index (χ3n) is 1.95. The van der Waals surface area contributed by atoms with Gasteiger partial charge in [-0.3, -0.25) is 9.59 Å². The van der Waals surface area contributed by atoms with E-state index in [0.717, 1.165) is 0 Å². The van der Waals surface area contributed by atoms with Crippen molar-refractivity contribution in [1.29, 1.82) is 0 Å². The van der Waals surface area contributed by atoms with Crippen molar-refractivity contribution in [2.75, 3.05) is 6.61 Å². The van der Waals surface area contributed by atoms with Gasteiger partial charge in [0, 0.05) is 11.8 Å². The molecule has 0 aromatic rings. The largest absolute Gasteiger partial charge is 0.466 e. The molecule has 0 N–H and O–H groups in total. The second kappa shape index (κ2) is 8.41. The SMILES string of the molecule is CCCC(OC(C)=O)C(N=[N+]=[N-])C(=O)OCC. The van der Waals surface area contributed by atoms with Gasteiger partial charge in [-0.25, -0.2) is 0 Å². The lowest BCUT2D eigenvalue weighted by atomic mass is 10.1. The Kier molecular flexibility index (Phi) is 7.54. The molecule has 0 rings (SSSR count). The molecule has 0 spiro atoms. The molecule has 2 unspecified atom stereocenters. The number of rotatable bonds is 7. The Morgan fingerprint density at radius 3 is 2.47 bits per heavy atom. The summed E-state index contributed by atoms with van der Waals surface area (Å²) in [6.07, 6.45) is 0.351. The standard InChI is InChI=1S/C10H17N3O4/c1-4-6-8(17-7(3)14)9(12-13-11)10(15)16-5-2/h8-9H,4-6H2,1-3H3. The average Bonchev–Trinajstić information content (AvgIpc) is 2.25. The first-order valence-corrected chi connectivity index (χ1v) is 5.44. The van der Waals surface area contributed by atoms with Crippen molar-refractivity contribution >= 4 is 11.9 Å². The number of hydrogen-bond acceptors (Lipinski definition) is 5. The van der Waals surface area contributed by atoms with Gasteiger partial charge in [0.2, 0.25) is 0 Å². The molecule has 0 heterocycles. The smallest absolute Gasteiger partial charge is 0.318 e. The van der Waals surface area contributed by atoms with Crippen LogP contribution in [0.4, 0.5) is 0 Å². The Morgan fingerprint density at radius 2 is 2.06 bits per heavy atom. The number of hydrogen-bond donors (Lipinski definition) is 0. The molecule has 0 aliphatic heterocycles. The third kappa shape index (κ3) is 5.77. The quantitative estimate of drug-likeness (QED) is 0.295. The molecule has 0 bridgehead atoms. The maximum absolute atomic E-state index is 11.6. The molecule has 0 saturated carbocycles. The zero-order valence-electron chi connectivity index (χ0n) is 10.3. The molecule has 0 fully saturated rings. The molecule has 2 atom stereocenters. The van der Waals surface area contributed by atoms with Crippen LogP contribution in [0.5, 0.6) is 0 Å². The van der Waals surface area contributed by atoms with E-state index in [0.29, 0.717) is 12.8 Å². The lowest BCUT2D eigenvalue weighted by Gasteiger charge is -2.21. The van der Waals surface area contributed by atoms with E-state index in [2.05, 4.69) is 10.0 Å². The average molecular weight is 243 g/mol. The molecule has 7 nitrogen and oxygen atoms in total. The molecule has 96 valence electrons. The van der Waals surface area contributed by atoms with E-state index in [1.54, 1.807) is 6.92 Å². The van der Waals surface area contributed by atoms with Gasteiger partial charge in [0.15, 0.2) is 6.04 Å². The Hall–Kier alpha value is -1.75. The monoisotopic (exact) mass is 243 g/mol. The number of nitrogens with zero attached hydrogens (tertiary/aromatic N) is 3. The van der Waals surface area contributed by atoms with Crippen LogP contribution < -0.4 is 0 Å².